The largest absolute Gasteiger partial charge is 0.399 e. The highest BCUT2D eigenvalue weighted by molar-refractivity contribution is 7.91. The van der Waals surface area contributed by atoms with Crippen LogP contribution in [0.1, 0.15) is 16.8 Å². The van der Waals surface area contributed by atoms with E-state index in [0.717, 1.165) is 11.3 Å². The third-order valence-electron chi connectivity index (χ3n) is 2.81. The maximum absolute atomic E-state index is 12.0. The number of sulfonamides is 1. The molecule has 0 radical (unpaired) electrons. The Morgan fingerprint density at radius 3 is 2.68 bits per heavy atom. The molecular weight excluding hydrogens is 264 g/mol. The fourth-order valence-electron chi connectivity index (χ4n) is 1.67. The number of anilines is 2. The Morgan fingerprint density at radius 2 is 2.11 bits per heavy atom. The van der Waals surface area contributed by atoms with E-state index in [-0.39, 0.29) is 5.75 Å². The van der Waals surface area contributed by atoms with Crippen molar-refractivity contribution in [2.24, 2.45) is 0 Å². The van der Waals surface area contributed by atoms with Crippen LogP contribution in [0.2, 0.25) is 0 Å². The maximum Gasteiger partial charge on any atom is 0.238 e. The van der Waals surface area contributed by atoms with Gasteiger partial charge in [-0.3, -0.25) is 9.82 Å². The van der Waals surface area contributed by atoms with Crippen LogP contribution in [-0.2, 0) is 15.8 Å². The van der Waals surface area contributed by atoms with Crippen molar-refractivity contribution < 1.29 is 8.42 Å². The minimum absolute atomic E-state index is 0.136. The van der Waals surface area contributed by atoms with E-state index in [1.54, 1.807) is 31.2 Å². The van der Waals surface area contributed by atoms with Crippen LogP contribution in [-0.4, -0.2) is 18.6 Å². The predicted molar refractivity (Wildman–Crippen MR) is 75.2 cm³/mol. The molecule has 1 aromatic carbocycles. The molecule has 0 saturated carbocycles. The second kappa shape index (κ2) is 4.93. The van der Waals surface area contributed by atoms with E-state index in [9.17, 15) is 8.42 Å². The summed E-state index contributed by atoms with van der Waals surface area (Å²) in [7, 11) is -3.50. The van der Waals surface area contributed by atoms with Crippen LogP contribution in [0.3, 0.4) is 0 Å². The maximum atomic E-state index is 12.0. The molecule has 102 valence electrons. The van der Waals surface area contributed by atoms with Crippen molar-refractivity contribution in [1.82, 2.24) is 10.2 Å². The first-order chi connectivity index (χ1) is 8.87. The van der Waals surface area contributed by atoms with Crippen molar-refractivity contribution in [3.05, 3.63) is 41.1 Å². The van der Waals surface area contributed by atoms with Gasteiger partial charge >= 0.3 is 0 Å². The van der Waals surface area contributed by atoms with Gasteiger partial charge in [0.2, 0.25) is 10.0 Å². The van der Waals surface area contributed by atoms with Crippen LogP contribution in [0, 0.1) is 13.8 Å². The Balaban J connectivity index is 2.17. The van der Waals surface area contributed by atoms with Gasteiger partial charge in [0.25, 0.3) is 0 Å². The number of H-pyrrole nitrogens is 1. The molecule has 1 heterocycles. The van der Waals surface area contributed by atoms with Crippen LogP contribution in [0.25, 0.3) is 0 Å². The minimum atomic E-state index is -3.50. The summed E-state index contributed by atoms with van der Waals surface area (Å²) in [6.45, 7) is 3.63. The highest BCUT2D eigenvalue weighted by Crippen LogP contribution is 2.17. The number of nitrogens with one attached hydrogen (secondary N) is 2. The number of rotatable bonds is 4. The van der Waals surface area contributed by atoms with Crippen LogP contribution < -0.4 is 10.5 Å². The number of aryl methyl sites for hydroxylation is 1. The van der Waals surface area contributed by atoms with Gasteiger partial charge in [0, 0.05) is 16.9 Å². The molecule has 0 aliphatic carbocycles. The molecule has 0 bridgehead atoms. The number of hydrogen-bond donors (Lipinski definition) is 3. The first-order valence-electron chi connectivity index (χ1n) is 5.74. The zero-order chi connectivity index (χ0) is 14.0. The Hall–Kier alpha value is -2.02. The Bertz CT molecular complexity index is 692. The summed E-state index contributed by atoms with van der Waals surface area (Å²) < 4.78 is 26.5. The fourth-order valence-corrected chi connectivity index (χ4v) is 2.85. The molecule has 1 aromatic heterocycles. The highest BCUT2D eigenvalue weighted by atomic mass is 32.2. The highest BCUT2D eigenvalue weighted by Gasteiger charge is 2.15. The summed E-state index contributed by atoms with van der Waals surface area (Å²) in [6.07, 6.45) is 0. The van der Waals surface area contributed by atoms with Gasteiger partial charge < -0.3 is 5.73 Å². The van der Waals surface area contributed by atoms with Crippen molar-refractivity contribution in [1.29, 1.82) is 0 Å². The van der Waals surface area contributed by atoms with Gasteiger partial charge in [-0.05, 0) is 31.5 Å². The third-order valence-corrected chi connectivity index (χ3v) is 4.03. The number of benzene rings is 1. The van der Waals surface area contributed by atoms with Crippen molar-refractivity contribution in [3.63, 3.8) is 0 Å². The monoisotopic (exact) mass is 280 g/mol. The Morgan fingerprint density at radius 1 is 1.37 bits per heavy atom. The van der Waals surface area contributed by atoms with Gasteiger partial charge in [0.15, 0.2) is 5.82 Å². The number of nitrogens with zero attached hydrogens (tertiary/aromatic N) is 1. The van der Waals surface area contributed by atoms with Gasteiger partial charge in [-0.1, -0.05) is 12.1 Å². The lowest BCUT2D eigenvalue weighted by Gasteiger charge is -2.07. The predicted octanol–water partition coefficient (Wildman–Crippen LogP) is 1.55. The third kappa shape index (κ3) is 3.25. The molecule has 0 amide bonds. The average molecular weight is 280 g/mol. The second-order valence-corrected chi connectivity index (χ2v) is 6.15. The van der Waals surface area contributed by atoms with Crippen molar-refractivity contribution >= 4 is 21.5 Å². The van der Waals surface area contributed by atoms with Crippen molar-refractivity contribution in [3.8, 4) is 0 Å². The fraction of sp³-hybridized carbons (Fsp3) is 0.250. The topological polar surface area (TPSA) is 101 Å². The lowest BCUT2D eigenvalue weighted by atomic mass is 10.2. The molecule has 0 saturated heterocycles. The van der Waals surface area contributed by atoms with Crippen molar-refractivity contribution in [2.75, 3.05) is 10.5 Å². The lowest BCUT2D eigenvalue weighted by Crippen LogP contribution is -2.16. The van der Waals surface area contributed by atoms with Crippen molar-refractivity contribution in [2.45, 2.75) is 19.6 Å². The molecule has 0 aliphatic rings. The average Bonchev–Trinajstić information content (AvgIpc) is 2.60. The van der Waals surface area contributed by atoms with Crippen LogP contribution in [0.4, 0.5) is 11.5 Å². The number of nitrogen functional groups attached to an aromatic ring is 1. The van der Waals surface area contributed by atoms with E-state index in [0.29, 0.717) is 17.1 Å². The van der Waals surface area contributed by atoms with Gasteiger partial charge in [0.1, 0.15) is 0 Å². The first kappa shape index (κ1) is 13.4. The first-order valence-corrected chi connectivity index (χ1v) is 7.39. The number of nitrogens with two attached hydrogens (primary N) is 1. The number of aromatic nitrogens is 2. The van der Waals surface area contributed by atoms with E-state index >= 15 is 0 Å². The minimum Gasteiger partial charge on any atom is -0.399 e. The van der Waals surface area contributed by atoms with Crippen LogP contribution >= 0.6 is 0 Å². The van der Waals surface area contributed by atoms with Crippen LogP contribution in [0.5, 0.6) is 0 Å². The normalized spacial score (nSPS) is 11.5. The molecule has 0 fully saturated rings. The molecule has 0 spiro atoms. The Kier molecular flexibility index (Phi) is 3.48. The number of aromatic amines is 1. The van der Waals surface area contributed by atoms with E-state index in [1.807, 2.05) is 6.92 Å². The summed E-state index contributed by atoms with van der Waals surface area (Å²) in [5.74, 6) is 0.199. The van der Waals surface area contributed by atoms with E-state index in [2.05, 4.69) is 14.9 Å². The SMILES string of the molecule is Cc1[nH]nc(NS(=O)(=O)Cc2cccc(N)c2)c1C. The molecular formula is C12H16N4O2S. The second-order valence-electron chi connectivity index (χ2n) is 4.43. The smallest absolute Gasteiger partial charge is 0.238 e. The van der Waals surface area contributed by atoms with E-state index < -0.39 is 10.0 Å². The number of hydrogen-bond acceptors (Lipinski definition) is 4. The Labute approximate surface area is 112 Å². The quantitative estimate of drug-likeness (QED) is 0.739. The van der Waals surface area contributed by atoms with Gasteiger partial charge in [-0.25, -0.2) is 8.42 Å². The molecule has 0 unspecified atom stereocenters. The van der Waals surface area contributed by atoms with E-state index in [4.69, 9.17) is 5.73 Å². The lowest BCUT2D eigenvalue weighted by molar-refractivity contribution is 0.600. The summed E-state index contributed by atoms with van der Waals surface area (Å²) in [4.78, 5) is 0. The molecule has 7 heteroatoms. The molecule has 0 atom stereocenters. The summed E-state index contributed by atoms with van der Waals surface area (Å²) in [5.41, 5.74) is 8.43. The summed E-state index contributed by atoms with van der Waals surface area (Å²) in [5, 5.41) is 6.66. The van der Waals surface area contributed by atoms with Gasteiger partial charge in [0.05, 0.1) is 5.75 Å². The van der Waals surface area contributed by atoms with Crippen LogP contribution in [0.15, 0.2) is 24.3 Å². The summed E-state index contributed by atoms with van der Waals surface area (Å²) in [6, 6.07) is 6.80. The molecule has 0 aliphatic heterocycles. The standard InChI is InChI=1S/C12H16N4O2S/c1-8-9(2)14-15-12(8)16-19(17,18)7-10-4-3-5-11(13)6-10/h3-6H,7,13H2,1-2H3,(H2,14,15,16). The molecule has 4 N–H and O–H groups in total. The van der Waals surface area contributed by atoms with E-state index in [1.165, 1.54) is 0 Å². The molecule has 19 heavy (non-hydrogen) atoms. The van der Waals surface area contributed by atoms with Gasteiger partial charge in [-0.2, -0.15) is 5.10 Å². The molecule has 6 nitrogen and oxygen atoms in total. The van der Waals surface area contributed by atoms with Gasteiger partial charge in [-0.15, -0.1) is 0 Å². The summed E-state index contributed by atoms with van der Waals surface area (Å²) >= 11 is 0. The zero-order valence-electron chi connectivity index (χ0n) is 10.8. The zero-order valence-corrected chi connectivity index (χ0v) is 11.6. The molecule has 2 aromatic rings. The molecule has 2 rings (SSSR count).